The van der Waals surface area contributed by atoms with E-state index in [0.29, 0.717) is 35.3 Å². The van der Waals surface area contributed by atoms with Gasteiger partial charge in [0.25, 0.3) is 5.91 Å². The number of amides is 1. The van der Waals surface area contributed by atoms with Gasteiger partial charge in [-0.05, 0) is 13.3 Å². The highest BCUT2D eigenvalue weighted by molar-refractivity contribution is 7.17. The lowest BCUT2D eigenvalue weighted by Gasteiger charge is -2.04. The molecule has 4 rings (SSSR count). The van der Waals surface area contributed by atoms with Gasteiger partial charge in [-0.2, -0.15) is 4.98 Å². The Kier molecular flexibility index (Phi) is 5.76. The third-order valence-corrected chi connectivity index (χ3v) is 5.43. The first-order valence-corrected chi connectivity index (χ1v) is 10.2. The van der Waals surface area contributed by atoms with E-state index in [1.165, 1.54) is 11.3 Å². The molecular formula is C22H20N4O2S. The molecule has 0 fully saturated rings. The molecule has 2 heterocycles. The predicted molar refractivity (Wildman–Crippen MR) is 113 cm³/mol. The number of thiazole rings is 1. The van der Waals surface area contributed by atoms with E-state index in [9.17, 15) is 4.79 Å². The monoisotopic (exact) mass is 404 g/mol. The highest BCUT2D eigenvalue weighted by Crippen LogP contribution is 2.33. The van der Waals surface area contributed by atoms with Crippen LogP contribution in [0.25, 0.3) is 21.8 Å². The van der Waals surface area contributed by atoms with Crippen LogP contribution in [0.4, 0.5) is 0 Å². The maximum atomic E-state index is 12.9. The Morgan fingerprint density at radius 3 is 2.34 bits per heavy atom. The highest BCUT2D eigenvalue weighted by atomic mass is 32.1. The summed E-state index contributed by atoms with van der Waals surface area (Å²) in [6, 6.07) is 19.7. The first-order chi connectivity index (χ1) is 14.2. The van der Waals surface area contributed by atoms with Gasteiger partial charge in [0.1, 0.15) is 9.88 Å². The van der Waals surface area contributed by atoms with Crippen molar-refractivity contribution in [1.82, 2.24) is 20.4 Å². The molecule has 0 aliphatic heterocycles. The molecule has 6 nitrogen and oxygen atoms in total. The minimum atomic E-state index is -0.120. The summed E-state index contributed by atoms with van der Waals surface area (Å²) in [5, 5.41) is 7.60. The summed E-state index contributed by atoms with van der Waals surface area (Å²) in [5.74, 6) is 1.09. The molecule has 0 radical (unpaired) electrons. The Morgan fingerprint density at radius 1 is 1.00 bits per heavy atom. The number of nitrogens with zero attached hydrogens (tertiary/aromatic N) is 3. The normalized spacial score (nSPS) is 10.8. The summed E-state index contributed by atoms with van der Waals surface area (Å²) in [6.45, 7) is 2.31. The molecule has 2 aromatic carbocycles. The fourth-order valence-corrected chi connectivity index (χ4v) is 3.94. The molecule has 0 saturated heterocycles. The first kappa shape index (κ1) is 19.0. The molecule has 0 spiro atoms. The number of nitrogens with one attached hydrogen (secondary N) is 1. The lowest BCUT2D eigenvalue weighted by atomic mass is 10.1. The van der Waals surface area contributed by atoms with Crippen LogP contribution in [-0.4, -0.2) is 27.6 Å². The van der Waals surface area contributed by atoms with E-state index in [1.54, 1.807) is 6.92 Å². The fraction of sp³-hybridized carbons (Fsp3) is 0.182. The number of hydrogen-bond donors (Lipinski definition) is 1. The Balaban J connectivity index is 1.51. The molecule has 1 N–H and O–H groups in total. The Labute approximate surface area is 172 Å². The predicted octanol–water partition coefficient (Wildman–Crippen LogP) is 4.53. The average molecular weight is 404 g/mol. The van der Waals surface area contributed by atoms with Gasteiger partial charge in [0.05, 0.1) is 5.69 Å². The van der Waals surface area contributed by atoms with Gasteiger partial charge in [-0.1, -0.05) is 65.8 Å². The van der Waals surface area contributed by atoms with Crippen molar-refractivity contribution in [2.45, 2.75) is 19.8 Å². The third-order valence-electron chi connectivity index (χ3n) is 4.32. The van der Waals surface area contributed by atoms with Crippen LogP contribution in [0.2, 0.25) is 0 Å². The van der Waals surface area contributed by atoms with Crippen molar-refractivity contribution in [3.05, 3.63) is 77.3 Å². The van der Waals surface area contributed by atoms with Crippen molar-refractivity contribution in [1.29, 1.82) is 0 Å². The molecular weight excluding hydrogens is 384 g/mol. The standard InChI is InChI=1S/C22H20N4O2S/c1-15-24-18(28-26-15)13-8-14-23-21(27)20-19(16-9-4-2-5-10-16)25-22(29-20)17-11-6-3-7-12-17/h2-7,9-12H,8,13-14H2,1H3,(H,23,27). The van der Waals surface area contributed by atoms with E-state index in [0.717, 1.165) is 22.6 Å². The van der Waals surface area contributed by atoms with E-state index in [1.807, 2.05) is 60.7 Å². The quantitative estimate of drug-likeness (QED) is 0.458. The number of benzene rings is 2. The van der Waals surface area contributed by atoms with Gasteiger partial charge in [0.15, 0.2) is 5.82 Å². The van der Waals surface area contributed by atoms with Crippen LogP contribution in [0, 0.1) is 6.92 Å². The van der Waals surface area contributed by atoms with Gasteiger partial charge in [0, 0.05) is 24.1 Å². The smallest absolute Gasteiger partial charge is 0.263 e. The van der Waals surface area contributed by atoms with Gasteiger partial charge in [-0.25, -0.2) is 4.98 Å². The second-order valence-corrected chi connectivity index (χ2v) is 7.52. The summed E-state index contributed by atoms with van der Waals surface area (Å²) in [5.41, 5.74) is 2.64. The Morgan fingerprint density at radius 2 is 1.69 bits per heavy atom. The minimum absolute atomic E-state index is 0.120. The summed E-state index contributed by atoms with van der Waals surface area (Å²) in [7, 11) is 0. The van der Waals surface area contributed by atoms with E-state index in [2.05, 4.69) is 15.5 Å². The Bertz CT molecular complexity index is 1090. The molecule has 0 aliphatic carbocycles. The lowest BCUT2D eigenvalue weighted by Crippen LogP contribution is -2.24. The number of rotatable bonds is 7. The fourth-order valence-electron chi connectivity index (χ4n) is 2.93. The van der Waals surface area contributed by atoms with Crippen LogP contribution < -0.4 is 5.32 Å². The average Bonchev–Trinajstić information content (AvgIpc) is 3.39. The highest BCUT2D eigenvalue weighted by Gasteiger charge is 2.20. The molecule has 146 valence electrons. The zero-order valence-electron chi connectivity index (χ0n) is 16.0. The second kappa shape index (κ2) is 8.79. The molecule has 0 atom stereocenters. The van der Waals surface area contributed by atoms with Crippen molar-refractivity contribution >= 4 is 17.2 Å². The maximum absolute atomic E-state index is 12.9. The molecule has 29 heavy (non-hydrogen) atoms. The summed E-state index contributed by atoms with van der Waals surface area (Å²) in [4.78, 5) is 22.5. The van der Waals surface area contributed by atoms with Crippen LogP contribution in [0.5, 0.6) is 0 Å². The zero-order chi connectivity index (χ0) is 20.1. The first-order valence-electron chi connectivity index (χ1n) is 9.40. The van der Waals surface area contributed by atoms with Gasteiger partial charge in [0.2, 0.25) is 5.89 Å². The van der Waals surface area contributed by atoms with Crippen LogP contribution >= 0.6 is 11.3 Å². The van der Waals surface area contributed by atoms with Crippen molar-refractivity contribution in [3.63, 3.8) is 0 Å². The topological polar surface area (TPSA) is 80.9 Å². The van der Waals surface area contributed by atoms with Crippen LogP contribution in [0.1, 0.15) is 27.8 Å². The molecule has 4 aromatic rings. The van der Waals surface area contributed by atoms with Gasteiger partial charge in [-0.3, -0.25) is 4.79 Å². The SMILES string of the molecule is Cc1noc(CCCNC(=O)c2sc(-c3ccccc3)nc2-c2ccccc2)n1. The molecule has 0 bridgehead atoms. The summed E-state index contributed by atoms with van der Waals surface area (Å²) >= 11 is 1.41. The van der Waals surface area contributed by atoms with Crippen molar-refractivity contribution < 1.29 is 9.32 Å². The van der Waals surface area contributed by atoms with E-state index >= 15 is 0 Å². The van der Waals surface area contributed by atoms with E-state index < -0.39 is 0 Å². The second-order valence-electron chi connectivity index (χ2n) is 6.52. The van der Waals surface area contributed by atoms with Crippen molar-refractivity contribution in [3.8, 4) is 21.8 Å². The maximum Gasteiger partial charge on any atom is 0.263 e. The van der Waals surface area contributed by atoms with Crippen molar-refractivity contribution in [2.75, 3.05) is 6.54 Å². The largest absolute Gasteiger partial charge is 0.351 e. The molecule has 7 heteroatoms. The van der Waals surface area contributed by atoms with Crippen LogP contribution in [0.3, 0.4) is 0 Å². The van der Waals surface area contributed by atoms with Crippen LogP contribution in [0.15, 0.2) is 65.2 Å². The van der Waals surface area contributed by atoms with Crippen molar-refractivity contribution in [2.24, 2.45) is 0 Å². The lowest BCUT2D eigenvalue weighted by molar-refractivity contribution is 0.0957. The van der Waals surface area contributed by atoms with Gasteiger partial charge >= 0.3 is 0 Å². The summed E-state index contributed by atoms with van der Waals surface area (Å²) in [6.07, 6.45) is 1.35. The van der Waals surface area contributed by atoms with Crippen LogP contribution in [-0.2, 0) is 6.42 Å². The number of carbonyl (C=O) groups excluding carboxylic acids is 1. The van der Waals surface area contributed by atoms with E-state index in [-0.39, 0.29) is 5.91 Å². The molecule has 2 aromatic heterocycles. The number of aromatic nitrogens is 3. The number of carbonyl (C=O) groups is 1. The third kappa shape index (κ3) is 4.57. The Hall–Kier alpha value is -3.32. The minimum Gasteiger partial charge on any atom is -0.351 e. The summed E-state index contributed by atoms with van der Waals surface area (Å²) < 4.78 is 5.10. The van der Waals surface area contributed by atoms with E-state index in [4.69, 9.17) is 9.51 Å². The number of aryl methyl sites for hydroxylation is 2. The molecule has 0 aliphatic rings. The zero-order valence-corrected chi connectivity index (χ0v) is 16.8. The molecule has 0 unspecified atom stereocenters. The van der Waals surface area contributed by atoms with Gasteiger partial charge in [-0.15, -0.1) is 11.3 Å². The van der Waals surface area contributed by atoms with Gasteiger partial charge < -0.3 is 9.84 Å². The molecule has 0 saturated carbocycles. The molecule has 1 amide bonds. The number of hydrogen-bond acceptors (Lipinski definition) is 6.